The Morgan fingerprint density at radius 3 is 2.50 bits per heavy atom. The van der Waals surface area contributed by atoms with E-state index in [-0.39, 0.29) is 6.03 Å². The largest absolute Gasteiger partial charge is 0.497 e. The van der Waals surface area contributed by atoms with Gasteiger partial charge in [0.25, 0.3) is 0 Å². The Hall–Kier alpha value is -1.84. The summed E-state index contributed by atoms with van der Waals surface area (Å²) in [6, 6.07) is 17.2. The highest BCUT2D eigenvalue weighted by Gasteiger charge is 2.29. The molecule has 0 bridgehead atoms. The molecule has 2 fully saturated rings. The number of methoxy groups -OCH3 is 1. The molecule has 1 saturated carbocycles. The summed E-state index contributed by atoms with van der Waals surface area (Å²) in [7, 11) is 3.99. The number of hydrogen-bond donors (Lipinski definition) is 2. The van der Waals surface area contributed by atoms with Crippen LogP contribution in [-0.4, -0.2) is 68.3 Å². The molecule has 0 spiro atoms. The van der Waals surface area contributed by atoms with Crippen LogP contribution in [0.4, 0.5) is 10.5 Å². The quantitative estimate of drug-likeness (QED) is 0.266. The van der Waals surface area contributed by atoms with Crippen molar-refractivity contribution in [2.45, 2.75) is 69.9 Å². The molecule has 208 valence electrons. The van der Waals surface area contributed by atoms with Gasteiger partial charge >= 0.3 is 6.03 Å². The molecule has 1 aliphatic heterocycles. The molecule has 2 atom stereocenters. The molecule has 0 unspecified atom stereocenters. The Kier molecular flexibility index (Phi) is 11.6. The average Bonchev–Trinajstić information content (AvgIpc) is 3.38. The summed E-state index contributed by atoms with van der Waals surface area (Å²) in [4.78, 5) is 17.9. The Labute approximate surface area is 243 Å². The Bertz CT molecular complexity index is 978. The van der Waals surface area contributed by atoms with E-state index in [2.05, 4.69) is 74.3 Å². The van der Waals surface area contributed by atoms with Crippen LogP contribution >= 0.6 is 22.6 Å². The van der Waals surface area contributed by atoms with Crippen molar-refractivity contribution in [2.75, 3.05) is 45.7 Å². The van der Waals surface area contributed by atoms with Crippen molar-refractivity contribution in [1.29, 1.82) is 0 Å². The van der Waals surface area contributed by atoms with Crippen molar-refractivity contribution in [3.8, 4) is 5.75 Å². The first-order valence-corrected chi connectivity index (χ1v) is 15.5. The molecule has 6 nitrogen and oxygen atoms in total. The van der Waals surface area contributed by atoms with Gasteiger partial charge in [-0.25, -0.2) is 4.79 Å². The third kappa shape index (κ3) is 9.12. The molecule has 0 aromatic heterocycles. The third-order valence-corrected chi connectivity index (χ3v) is 9.12. The number of urea groups is 1. The van der Waals surface area contributed by atoms with E-state index < -0.39 is 0 Å². The number of nitrogens with zero attached hydrogens (tertiary/aromatic N) is 2. The van der Waals surface area contributed by atoms with Crippen molar-refractivity contribution in [1.82, 2.24) is 15.1 Å². The van der Waals surface area contributed by atoms with Gasteiger partial charge in [0.15, 0.2) is 0 Å². The molecule has 2 N–H and O–H groups in total. The fourth-order valence-electron chi connectivity index (χ4n) is 6.09. The molecule has 38 heavy (non-hydrogen) atoms. The van der Waals surface area contributed by atoms with Gasteiger partial charge < -0.3 is 20.3 Å². The summed E-state index contributed by atoms with van der Waals surface area (Å²) < 4.78 is 6.47. The summed E-state index contributed by atoms with van der Waals surface area (Å²) in [5, 5.41) is 6.19. The number of benzene rings is 2. The maximum absolute atomic E-state index is 12.7. The fraction of sp³-hybridized carbons (Fsp3) is 0.581. The highest BCUT2D eigenvalue weighted by Crippen LogP contribution is 2.29. The van der Waals surface area contributed by atoms with Gasteiger partial charge in [0.1, 0.15) is 5.75 Å². The first-order valence-electron chi connectivity index (χ1n) is 14.4. The van der Waals surface area contributed by atoms with Crippen molar-refractivity contribution in [3.05, 3.63) is 57.7 Å². The number of halogens is 1. The zero-order chi connectivity index (χ0) is 26.7. The maximum Gasteiger partial charge on any atom is 0.319 e. The highest BCUT2D eigenvalue weighted by molar-refractivity contribution is 14.1. The summed E-state index contributed by atoms with van der Waals surface area (Å²) in [5.74, 6) is 1.69. The van der Waals surface area contributed by atoms with Crippen LogP contribution < -0.4 is 15.4 Å². The van der Waals surface area contributed by atoms with E-state index in [4.69, 9.17) is 4.74 Å². The van der Waals surface area contributed by atoms with Gasteiger partial charge in [-0.2, -0.15) is 0 Å². The lowest BCUT2D eigenvalue weighted by Gasteiger charge is -2.36. The average molecular weight is 633 g/mol. The van der Waals surface area contributed by atoms with Gasteiger partial charge in [0, 0.05) is 41.0 Å². The van der Waals surface area contributed by atoms with Crippen molar-refractivity contribution in [3.63, 3.8) is 0 Å². The Balaban J connectivity index is 1.31. The van der Waals surface area contributed by atoms with Gasteiger partial charge in [-0.15, -0.1) is 0 Å². The van der Waals surface area contributed by atoms with Crippen LogP contribution in [0.15, 0.2) is 48.5 Å². The van der Waals surface area contributed by atoms with Gasteiger partial charge in [0.05, 0.1) is 7.11 Å². The standard InChI is InChI=1S/C31H45IN4O2/c1-35(23-28-9-6-19-36(28)20-18-24-10-16-30(38-2)17-11-24)29(21-25-7-4-3-5-8-25)22-33-31(37)34-27-14-12-26(32)13-15-27/h10-17,25,28-29H,3-9,18-23H2,1-2H3,(H2,33,34,37)/t28-,29-/m1/s1. The number of nitrogens with one attached hydrogen (secondary N) is 2. The van der Waals surface area contributed by atoms with Crippen LogP contribution in [0.2, 0.25) is 0 Å². The van der Waals surface area contributed by atoms with Crippen LogP contribution in [0, 0.1) is 9.49 Å². The Morgan fingerprint density at radius 2 is 1.79 bits per heavy atom. The molecule has 1 heterocycles. The highest BCUT2D eigenvalue weighted by atomic mass is 127. The SMILES string of the molecule is COc1ccc(CCN2CCC[C@@H]2CN(C)[C@@H](CNC(=O)Nc2ccc(I)cc2)CC2CCCCC2)cc1. The second-order valence-corrected chi connectivity index (χ2v) is 12.4. The fourth-order valence-corrected chi connectivity index (χ4v) is 6.45. The monoisotopic (exact) mass is 632 g/mol. The first-order chi connectivity index (χ1) is 18.5. The number of likely N-dealkylation sites (tertiary alicyclic amines) is 1. The lowest BCUT2D eigenvalue weighted by molar-refractivity contribution is 0.136. The second kappa shape index (κ2) is 15.1. The topological polar surface area (TPSA) is 56.8 Å². The van der Waals surface area contributed by atoms with E-state index in [1.807, 2.05) is 24.3 Å². The first kappa shape index (κ1) is 29.2. The van der Waals surface area contributed by atoms with E-state index >= 15 is 0 Å². The molecule has 4 rings (SSSR count). The number of anilines is 1. The number of rotatable bonds is 12. The molecule has 1 aliphatic carbocycles. The number of amides is 2. The zero-order valence-electron chi connectivity index (χ0n) is 23.1. The minimum absolute atomic E-state index is 0.116. The zero-order valence-corrected chi connectivity index (χ0v) is 25.3. The van der Waals surface area contributed by atoms with Gasteiger partial charge in [-0.1, -0.05) is 44.2 Å². The van der Waals surface area contributed by atoms with Crippen molar-refractivity contribution < 1.29 is 9.53 Å². The number of carbonyl (C=O) groups is 1. The predicted octanol–water partition coefficient (Wildman–Crippen LogP) is 6.40. The van der Waals surface area contributed by atoms with Gasteiger partial charge in [-0.05, 0) is 110 Å². The number of hydrogen-bond acceptors (Lipinski definition) is 4. The van der Waals surface area contributed by atoms with Crippen LogP contribution in [0.5, 0.6) is 5.75 Å². The van der Waals surface area contributed by atoms with Crippen molar-refractivity contribution >= 4 is 34.3 Å². The maximum atomic E-state index is 12.7. The second-order valence-electron chi connectivity index (χ2n) is 11.1. The molecular formula is C31H45IN4O2. The van der Waals surface area contributed by atoms with E-state index in [9.17, 15) is 4.79 Å². The summed E-state index contributed by atoms with van der Waals surface area (Å²) in [6.07, 6.45) is 11.5. The lowest BCUT2D eigenvalue weighted by atomic mass is 9.84. The molecule has 1 saturated heterocycles. The minimum atomic E-state index is -0.116. The normalized spacial score (nSPS) is 19.4. The third-order valence-electron chi connectivity index (χ3n) is 8.40. The molecule has 2 aromatic rings. The van der Waals surface area contributed by atoms with Crippen LogP contribution in [0.1, 0.15) is 56.9 Å². The van der Waals surface area contributed by atoms with Crippen LogP contribution in [-0.2, 0) is 6.42 Å². The Morgan fingerprint density at radius 1 is 1.05 bits per heavy atom. The minimum Gasteiger partial charge on any atom is -0.497 e. The lowest BCUT2D eigenvalue weighted by Crippen LogP contribution is -2.48. The van der Waals surface area contributed by atoms with E-state index in [0.29, 0.717) is 18.6 Å². The molecule has 2 amide bonds. The molecular weight excluding hydrogens is 587 g/mol. The number of likely N-dealkylation sites (N-methyl/N-ethyl adjacent to an activating group) is 1. The number of ether oxygens (including phenoxy) is 1. The smallest absolute Gasteiger partial charge is 0.319 e. The molecule has 0 radical (unpaired) electrons. The summed E-state index contributed by atoms with van der Waals surface area (Å²) in [6.45, 7) is 4.01. The van der Waals surface area contributed by atoms with E-state index in [1.54, 1.807) is 7.11 Å². The molecule has 2 aromatic carbocycles. The predicted molar refractivity (Wildman–Crippen MR) is 165 cm³/mol. The molecule has 2 aliphatic rings. The molecule has 7 heteroatoms. The number of carbonyl (C=O) groups excluding carboxylic acids is 1. The van der Waals surface area contributed by atoms with Crippen LogP contribution in [0.25, 0.3) is 0 Å². The summed E-state index contributed by atoms with van der Waals surface area (Å²) in [5.41, 5.74) is 2.20. The van der Waals surface area contributed by atoms with E-state index in [1.165, 1.54) is 63.5 Å². The van der Waals surface area contributed by atoms with Crippen LogP contribution in [0.3, 0.4) is 0 Å². The van der Waals surface area contributed by atoms with Gasteiger partial charge in [0.2, 0.25) is 0 Å². The van der Waals surface area contributed by atoms with E-state index in [0.717, 1.165) is 40.4 Å². The summed E-state index contributed by atoms with van der Waals surface area (Å²) >= 11 is 2.28. The van der Waals surface area contributed by atoms with Crippen molar-refractivity contribution in [2.24, 2.45) is 5.92 Å². The van der Waals surface area contributed by atoms with Gasteiger partial charge in [-0.3, -0.25) is 4.90 Å².